The highest BCUT2D eigenvalue weighted by atomic mass is 15.2. The maximum atomic E-state index is 2.73. The lowest BCUT2D eigenvalue weighted by Crippen LogP contribution is -2.37. The van der Waals surface area contributed by atoms with Gasteiger partial charge >= 0.3 is 0 Å². The standard InChI is InChI=1S/C23H39N3/c1-2-24-16-9-17-25(19-18-24)13-6-7-14-26-15-8-12-23(21-26)20-22-10-4-3-5-11-22/h3-5,10-11,23H,2,6-9,12-21H2,1H3. The summed E-state index contributed by atoms with van der Waals surface area (Å²) >= 11 is 0. The SMILES string of the molecule is CCN1CCCN(CCCCN2CCCC(Cc3ccccc3)C2)CC1. The van der Waals surface area contributed by atoms with E-state index in [1.807, 2.05) is 0 Å². The molecule has 146 valence electrons. The molecule has 0 spiro atoms. The van der Waals surface area contributed by atoms with Crippen LogP contribution in [0.4, 0.5) is 0 Å². The minimum Gasteiger partial charge on any atom is -0.303 e. The molecule has 26 heavy (non-hydrogen) atoms. The monoisotopic (exact) mass is 357 g/mol. The second-order valence-corrected chi connectivity index (χ2v) is 8.34. The fourth-order valence-corrected chi connectivity index (χ4v) is 4.70. The van der Waals surface area contributed by atoms with Crippen LogP contribution in [0.15, 0.2) is 30.3 Å². The van der Waals surface area contributed by atoms with Gasteiger partial charge in [0.2, 0.25) is 0 Å². The number of piperidine rings is 1. The summed E-state index contributed by atoms with van der Waals surface area (Å²) in [5.41, 5.74) is 1.52. The average molecular weight is 358 g/mol. The Hall–Kier alpha value is -0.900. The third-order valence-corrected chi connectivity index (χ3v) is 6.30. The van der Waals surface area contributed by atoms with Crippen LogP contribution < -0.4 is 0 Å². The predicted molar refractivity (Wildman–Crippen MR) is 112 cm³/mol. The van der Waals surface area contributed by atoms with Crippen molar-refractivity contribution in [2.45, 2.75) is 45.4 Å². The van der Waals surface area contributed by atoms with Crippen LogP contribution in [0.5, 0.6) is 0 Å². The highest BCUT2D eigenvalue weighted by molar-refractivity contribution is 5.15. The van der Waals surface area contributed by atoms with Crippen LogP contribution in [0.25, 0.3) is 0 Å². The van der Waals surface area contributed by atoms with Gasteiger partial charge < -0.3 is 14.7 Å². The summed E-state index contributed by atoms with van der Waals surface area (Å²) in [6, 6.07) is 11.1. The number of nitrogens with zero attached hydrogens (tertiary/aromatic N) is 3. The number of benzene rings is 1. The van der Waals surface area contributed by atoms with Gasteiger partial charge in [0.1, 0.15) is 0 Å². The molecular weight excluding hydrogens is 318 g/mol. The van der Waals surface area contributed by atoms with Gasteiger partial charge in [-0.3, -0.25) is 0 Å². The van der Waals surface area contributed by atoms with Gasteiger partial charge in [-0.25, -0.2) is 0 Å². The number of likely N-dealkylation sites (N-methyl/N-ethyl adjacent to an activating group) is 1. The van der Waals surface area contributed by atoms with Gasteiger partial charge in [0.15, 0.2) is 0 Å². The highest BCUT2D eigenvalue weighted by Gasteiger charge is 2.20. The first-order valence-electron chi connectivity index (χ1n) is 11.0. The molecule has 0 N–H and O–H groups in total. The van der Waals surface area contributed by atoms with Crippen molar-refractivity contribution in [3.63, 3.8) is 0 Å². The van der Waals surface area contributed by atoms with Gasteiger partial charge in [-0.15, -0.1) is 0 Å². The van der Waals surface area contributed by atoms with E-state index in [2.05, 4.69) is 52.0 Å². The van der Waals surface area contributed by atoms with Gasteiger partial charge in [0.25, 0.3) is 0 Å². The zero-order valence-electron chi connectivity index (χ0n) is 16.9. The fourth-order valence-electron chi connectivity index (χ4n) is 4.70. The Morgan fingerprint density at radius 2 is 1.50 bits per heavy atom. The molecule has 3 nitrogen and oxygen atoms in total. The maximum Gasteiger partial charge on any atom is 0.0109 e. The minimum atomic E-state index is 0.858. The molecule has 0 saturated carbocycles. The van der Waals surface area contributed by atoms with Gasteiger partial charge in [0.05, 0.1) is 0 Å². The summed E-state index contributed by atoms with van der Waals surface area (Å²) in [5, 5.41) is 0. The summed E-state index contributed by atoms with van der Waals surface area (Å²) < 4.78 is 0. The van der Waals surface area contributed by atoms with Crippen LogP contribution >= 0.6 is 0 Å². The van der Waals surface area contributed by atoms with E-state index in [0.717, 1.165) is 5.92 Å². The number of likely N-dealkylation sites (tertiary alicyclic amines) is 1. The molecule has 0 bridgehead atoms. The Morgan fingerprint density at radius 3 is 2.31 bits per heavy atom. The summed E-state index contributed by atoms with van der Waals surface area (Å²) in [4.78, 5) is 8.03. The van der Waals surface area contributed by atoms with Crippen molar-refractivity contribution < 1.29 is 0 Å². The third kappa shape index (κ3) is 6.68. The molecule has 2 aliphatic heterocycles. The molecule has 1 unspecified atom stereocenters. The molecule has 0 amide bonds. The molecule has 2 saturated heterocycles. The normalized spacial score (nSPS) is 23.8. The van der Waals surface area contributed by atoms with Gasteiger partial charge in [0, 0.05) is 19.6 Å². The van der Waals surface area contributed by atoms with E-state index < -0.39 is 0 Å². The minimum absolute atomic E-state index is 0.858. The highest BCUT2D eigenvalue weighted by Crippen LogP contribution is 2.21. The fraction of sp³-hybridized carbons (Fsp3) is 0.739. The molecule has 2 heterocycles. The van der Waals surface area contributed by atoms with E-state index in [4.69, 9.17) is 0 Å². The van der Waals surface area contributed by atoms with Crippen molar-refractivity contribution in [1.29, 1.82) is 0 Å². The van der Waals surface area contributed by atoms with Crippen molar-refractivity contribution >= 4 is 0 Å². The summed E-state index contributed by atoms with van der Waals surface area (Å²) in [6.45, 7) is 13.9. The number of unbranched alkanes of at least 4 members (excludes halogenated alkanes) is 1. The lowest BCUT2D eigenvalue weighted by Gasteiger charge is -2.33. The predicted octanol–water partition coefficient (Wildman–Crippen LogP) is 3.75. The Labute approximate surface area is 161 Å². The molecule has 0 radical (unpaired) electrons. The quantitative estimate of drug-likeness (QED) is 0.656. The number of rotatable bonds is 8. The van der Waals surface area contributed by atoms with E-state index in [0.29, 0.717) is 0 Å². The second-order valence-electron chi connectivity index (χ2n) is 8.34. The Balaban J connectivity index is 1.31. The zero-order chi connectivity index (χ0) is 18.0. The number of hydrogen-bond donors (Lipinski definition) is 0. The molecule has 0 aliphatic carbocycles. The maximum absolute atomic E-state index is 2.73. The zero-order valence-corrected chi connectivity index (χ0v) is 16.9. The lowest BCUT2D eigenvalue weighted by molar-refractivity contribution is 0.168. The summed E-state index contributed by atoms with van der Waals surface area (Å²) in [7, 11) is 0. The molecule has 1 atom stereocenters. The molecule has 1 aromatic rings. The topological polar surface area (TPSA) is 9.72 Å². The Kier molecular flexibility index (Phi) is 8.44. The van der Waals surface area contributed by atoms with Crippen LogP contribution in [0.2, 0.25) is 0 Å². The van der Waals surface area contributed by atoms with E-state index in [1.165, 1.54) is 103 Å². The van der Waals surface area contributed by atoms with E-state index in [9.17, 15) is 0 Å². The van der Waals surface area contributed by atoms with Crippen molar-refractivity contribution in [3.8, 4) is 0 Å². The molecule has 2 fully saturated rings. The summed E-state index contributed by atoms with van der Waals surface area (Å²) in [5.74, 6) is 0.858. The summed E-state index contributed by atoms with van der Waals surface area (Å²) in [6.07, 6.45) is 8.14. The Morgan fingerprint density at radius 1 is 0.808 bits per heavy atom. The molecular formula is C23H39N3. The van der Waals surface area contributed by atoms with E-state index >= 15 is 0 Å². The van der Waals surface area contributed by atoms with Crippen LogP contribution in [-0.2, 0) is 6.42 Å². The molecule has 3 rings (SSSR count). The molecule has 1 aromatic carbocycles. The van der Waals surface area contributed by atoms with Crippen LogP contribution in [-0.4, -0.2) is 73.6 Å². The van der Waals surface area contributed by atoms with Crippen molar-refractivity contribution in [2.24, 2.45) is 5.92 Å². The van der Waals surface area contributed by atoms with Gasteiger partial charge in [-0.1, -0.05) is 37.3 Å². The largest absolute Gasteiger partial charge is 0.303 e. The average Bonchev–Trinajstić information content (AvgIpc) is 2.92. The molecule has 0 aromatic heterocycles. The van der Waals surface area contributed by atoms with E-state index in [1.54, 1.807) is 0 Å². The number of hydrogen-bond acceptors (Lipinski definition) is 3. The molecule has 2 aliphatic rings. The lowest BCUT2D eigenvalue weighted by atomic mass is 9.91. The second kappa shape index (κ2) is 11.1. The van der Waals surface area contributed by atoms with Crippen molar-refractivity contribution in [3.05, 3.63) is 35.9 Å². The van der Waals surface area contributed by atoms with Crippen molar-refractivity contribution in [1.82, 2.24) is 14.7 Å². The van der Waals surface area contributed by atoms with Crippen LogP contribution in [0.3, 0.4) is 0 Å². The van der Waals surface area contributed by atoms with Gasteiger partial charge in [-0.05, 0) is 89.3 Å². The first-order chi connectivity index (χ1) is 12.8. The van der Waals surface area contributed by atoms with Crippen LogP contribution in [0, 0.1) is 5.92 Å². The van der Waals surface area contributed by atoms with Crippen LogP contribution in [0.1, 0.15) is 44.6 Å². The smallest absolute Gasteiger partial charge is 0.0109 e. The van der Waals surface area contributed by atoms with Gasteiger partial charge in [-0.2, -0.15) is 0 Å². The first-order valence-corrected chi connectivity index (χ1v) is 11.0. The molecule has 3 heteroatoms. The third-order valence-electron chi connectivity index (χ3n) is 6.30. The van der Waals surface area contributed by atoms with E-state index in [-0.39, 0.29) is 0 Å². The Bertz CT molecular complexity index is 489. The first kappa shape index (κ1) is 19.9. The van der Waals surface area contributed by atoms with Crippen molar-refractivity contribution in [2.75, 3.05) is 58.9 Å².